The van der Waals surface area contributed by atoms with Crippen molar-refractivity contribution < 1.29 is 28.9 Å². The average molecular weight is 486 g/mol. The molecule has 0 aromatic heterocycles. The summed E-state index contributed by atoms with van der Waals surface area (Å²) in [6, 6.07) is 14.8. The monoisotopic (exact) mass is 485 g/mol. The molecule has 3 aromatic carbocycles. The number of phenols is 1. The van der Waals surface area contributed by atoms with E-state index >= 15 is 0 Å². The molecule has 0 radical (unpaired) electrons. The zero-order valence-electron chi connectivity index (χ0n) is 19.8. The number of carbonyl (C=O) groups is 2. The molecule has 0 spiro atoms. The van der Waals surface area contributed by atoms with Gasteiger partial charge in [0.1, 0.15) is 17.2 Å². The molecular weight excluding hydrogens is 458 g/mol. The molecule has 2 N–H and O–H groups in total. The van der Waals surface area contributed by atoms with Gasteiger partial charge in [-0.05, 0) is 37.1 Å². The highest BCUT2D eigenvalue weighted by molar-refractivity contribution is 6.31. The zero-order valence-corrected chi connectivity index (χ0v) is 19.8. The fourth-order valence-corrected chi connectivity index (χ4v) is 4.02. The molecule has 0 saturated heterocycles. The van der Waals surface area contributed by atoms with Gasteiger partial charge in [0.25, 0.3) is 0 Å². The van der Waals surface area contributed by atoms with Gasteiger partial charge in [0, 0.05) is 30.3 Å². The van der Waals surface area contributed by atoms with Crippen LogP contribution < -0.4 is 14.8 Å². The third-order valence-electron chi connectivity index (χ3n) is 5.66. The Balaban J connectivity index is 1.69. The lowest BCUT2D eigenvalue weighted by Crippen LogP contribution is -2.23. The predicted molar refractivity (Wildman–Crippen MR) is 137 cm³/mol. The predicted octanol–water partition coefficient (Wildman–Crippen LogP) is 5.88. The number of nitrogens with one attached hydrogen (secondary N) is 1. The van der Waals surface area contributed by atoms with E-state index in [1.807, 2.05) is 0 Å². The molecule has 0 bridgehead atoms. The highest BCUT2D eigenvalue weighted by Gasteiger charge is 2.36. The summed E-state index contributed by atoms with van der Waals surface area (Å²) in [6.45, 7) is 8.73. The molecule has 1 aliphatic carbocycles. The quantitative estimate of drug-likeness (QED) is 0.112. The van der Waals surface area contributed by atoms with E-state index in [9.17, 15) is 14.7 Å². The molecule has 7 heteroatoms. The van der Waals surface area contributed by atoms with Gasteiger partial charge in [-0.3, -0.25) is 9.59 Å². The number of unbranched alkanes of at least 4 members (excludes halogenated alkanes) is 1. The Bertz CT molecular complexity index is 1300. The molecule has 0 heterocycles. The fraction of sp³-hybridized carbons (Fsp3) is 0.172. The van der Waals surface area contributed by atoms with Gasteiger partial charge in [-0.1, -0.05) is 36.9 Å². The van der Waals surface area contributed by atoms with Crippen LogP contribution in [0.1, 0.15) is 44.7 Å². The summed E-state index contributed by atoms with van der Waals surface area (Å²) in [4.78, 5) is 26.8. The number of phenolic OH excluding ortho intramolecular Hbond substituents is 1. The van der Waals surface area contributed by atoms with Gasteiger partial charge in [-0.2, -0.15) is 0 Å². The Kier molecular flexibility index (Phi) is 7.82. The molecule has 4 rings (SSSR count). The molecule has 0 fully saturated rings. The van der Waals surface area contributed by atoms with Gasteiger partial charge in [-0.15, -0.1) is 6.58 Å². The molecule has 184 valence electrons. The second-order valence-electron chi connectivity index (χ2n) is 8.08. The van der Waals surface area contributed by atoms with Crippen molar-refractivity contribution in [1.82, 2.24) is 0 Å². The number of ether oxygens (including phenoxy) is 3. The maximum absolute atomic E-state index is 13.5. The van der Waals surface area contributed by atoms with E-state index < -0.39 is 5.78 Å². The van der Waals surface area contributed by atoms with E-state index in [1.165, 1.54) is 12.3 Å². The average Bonchev–Trinajstić information content (AvgIpc) is 2.89. The topological polar surface area (TPSA) is 94.1 Å². The fourth-order valence-electron chi connectivity index (χ4n) is 4.02. The summed E-state index contributed by atoms with van der Waals surface area (Å²) in [5.41, 5.74) is 0.982. The van der Waals surface area contributed by atoms with Crippen LogP contribution in [0.3, 0.4) is 0 Å². The number of hydrogen-bond donors (Lipinski definition) is 2. The Morgan fingerprint density at radius 2 is 1.56 bits per heavy atom. The van der Waals surface area contributed by atoms with Gasteiger partial charge >= 0.3 is 0 Å². The van der Waals surface area contributed by atoms with E-state index in [4.69, 9.17) is 14.2 Å². The number of aromatic hydroxyl groups is 1. The van der Waals surface area contributed by atoms with Crippen molar-refractivity contribution in [2.24, 2.45) is 0 Å². The Labute approximate surface area is 209 Å². The Hall–Kier alpha value is -4.36. The Morgan fingerprint density at radius 1 is 0.889 bits per heavy atom. The van der Waals surface area contributed by atoms with Gasteiger partial charge in [-0.25, -0.2) is 0 Å². The molecule has 3 aromatic rings. The van der Waals surface area contributed by atoms with Crippen LogP contribution in [0.2, 0.25) is 0 Å². The van der Waals surface area contributed by atoms with Crippen LogP contribution in [-0.2, 0) is 4.74 Å². The number of hydrogen-bond acceptors (Lipinski definition) is 7. The minimum Gasteiger partial charge on any atom is -0.507 e. The number of carbonyl (C=O) groups excluding carboxylic acids is 2. The van der Waals surface area contributed by atoms with E-state index in [2.05, 4.69) is 18.5 Å². The molecule has 0 amide bonds. The summed E-state index contributed by atoms with van der Waals surface area (Å²) in [6.07, 6.45) is 4.56. The van der Waals surface area contributed by atoms with E-state index in [0.717, 1.165) is 12.8 Å². The van der Waals surface area contributed by atoms with Crippen molar-refractivity contribution in [3.05, 3.63) is 102 Å². The number of rotatable bonds is 12. The SMILES string of the molecule is C=CCOCCCCNc1c(Oc2ccc(OC=C)cc2)cc(O)c2c1C(=O)c1ccccc1C2=O. The molecule has 1 aliphatic rings. The summed E-state index contributed by atoms with van der Waals surface area (Å²) < 4.78 is 16.7. The van der Waals surface area contributed by atoms with Crippen molar-refractivity contribution in [1.29, 1.82) is 0 Å². The molecule has 0 atom stereocenters. The first-order valence-corrected chi connectivity index (χ1v) is 11.6. The van der Waals surface area contributed by atoms with Crippen molar-refractivity contribution in [3.63, 3.8) is 0 Å². The first-order chi connectivity index (χ1) is 17.5. The third kappa shape index (κ3) is 5.16. The van der Waals surface area contributed by atoms with Gasteiger partial charge in [0.05, 0.1) is 29.7 Å². The van der Waals surface area contributed by atoms with Crippen molar-refractivity contribution >= 4 is 17.3 Å². The molecule has 0 aliphatic heterocycles. The summed E-state index contributed by atoms with van der Waals surface area (Å²) in [5, 5.41) is 14.1. The van der Waals surface area contributed by atoms with Gasteiger partial charge < -0.3 is 24.6 Å². The van der Waals surface area contributed by atoms with Crippen LogP contribution in [0.15, 0.2) is 80.1 Å². The summed E-state index contributed by atoms with van der Waals surface area (Å²) in [7, 11) is 0. The molecular formula is C29H27NO6. The van der Waals surface area contributed by atoms with Crippen LogP contribution in [0.25, 0.3) is 0 Å². The van der Waals surface area contributed by atoms with Crippen LogP contribution in [0.5, 0.6) is 23.0 Å². The van der Waals surface area contributed by atoms with E-state index in [0.29, 0.717) is 42.5 Å². The van der Waals surface area contributed by atoms with Crippen LogP contribution in [0, 0.1) is 0 Å². The van der Waals surface area contributed by atoms with Crippen molar-refractivity contribution in [2.75, 3.05) is 25.1 Å². The van der Waals surface area contributed by atoms with Crippen LogP contribution in [0.4, 0.5) is 5.69 Å². The largest absolute Gasteiger partial charge is 0.507 e. The maximum Gasteiger partial charge on any atom is 0.198 e. The first-order valence-electron chi connectivity index (χ1n) is 11.6. The number of benzene rings is 3. The van der Waals surface area contributed by atoms with Gasteiger partial charge in [0.2, 0.25) is 0 Å². The van der Waals surface area contributed by atoms with E-state index in [1.54, 1.807) is 54.6 Å². The molecule has 0 saturated carbocycles. The maximum atomic E-state index is 13.5. The number of anilines is 1. The standard InChI is InChI=1S/C29H27NO6/c1-3-16-34-17-8-7-15-30-27-24(36-20-13-11-19(12-14-20)35-4-2)18-23(31)25-26(27)29(33)22-10-6-5-9-21(22)28(25)32/h3-6,9-14,18,30-31H,1-2,7-8,15-17H2. The lowest BCUT2D eigenvalue weighted by molar-refractivity contribution is 0.0977. The third-order valence-corrected chi connectivity index (χ3v) is 5.66. The van der Waals surface area contributed by atoms with Crippen molar-refractivity contribution in [3.8, 4) is 23.0 Å². The second kappa shape index (κ2) is 11.4. The Morgan fingerprint density at radius 3 is 2.22 bits per heavy atom. The highest BCUT2D eigenvalue weighted by atomic mass is 16.5. The molecule has 36 heavy (non-hydrogen) atoms. The van der Waals surface area contributed by atoms with Crippen molar-refractivity contribution in [2.45, 2.75) is 12.8 Å². The minimum atomic E-state index is -0.406. The molecule has 7 nitrogen and oxygen atoms in total. The normalized spacial score (nSPS) is 11.9. The van der Waals surface area contributed by atoms with Crippen LogP contribution in [-0.4, -0.2) is 36.4 Å². The second-order valence-corrected chi connectivity index (χ2v) is 8.08. The lowest BCUT2D eigenvalue weighted by atomic mass is 9.82. The summed E-state index contributed by atoms with van der Waals surface area (Å²) >= 11 is 0. The molecule has 0 unspecified atom stereocenters. The smallest absolute Gasteiger partial charge is 0.198 e. The van der Waals surface area contributed by atoms with Crippen LogP contribution >= 0.6 is 0 Å². The van der Waals surface area contributed by atoms with E-state index in [-0.39, 0.29) is 34.0 Å². The summed E-state index contributed by atoms with van der Waals surface area (Å²) in [5.74, 6) is 0.195. The number of ketones is 2. The van der Waals surface area contributed by atoms with Gasteiger partial charge in [0.15, 0.2) is 17.3 Å². The highest BCUT2D eigenvalue weighted by Crippen LogP contribution is 2.44. The zero-order chi connectivity index (χ0) is 25.5. The lowest BCUT2D eigenvalue weighted by Gasteiger charge is -2.24. The minimum absolute atomic E-state index is 0.0300. The first kappa shape index (κ1) is 24.8. The number of fused-ring (bicyclic) bond motifs is 2.